The lowest BCUT2D eigenvalue weighted by atomic mass is 10.0. The first-order chi connectivity index (χ1) is 10.1. The van der Waals surface area contributed by atoms with E-state index in [1.165, 1.54) is 30.5 Å². The molecular formula is C17H16FNO2. The van der Waals surface area contributed by atoms with Crippen LogP contribution < -0.4 is 5.32 Å². The van der Waals surface area contributed by atoms with Gasteiger partial charge in [-0.1, -0.05) is 36.4 Å². The molecule has 0 bridgehead atoms. The fourth-order valence-electron chi connectivity index (χ4n) is 2.40. The standard InChI is InChI=1S/C17H16FNO2/c18-14-3-1-2-4-15(14)19-16(17(20)21)13-9-7-12(8-10-13)11-5-6-11/h1-4,7-11,16,19H,5-6H2,(H,20,21). The second-order valence-corrected chi connectivity index (χ2v) is 5.34. The van der Waals surface area contributed by atoms with Crippen molar-refractivity contribution in [1.29, 1.82) is 0 Å². The van der Waals surface area contributed by atoms with Gasteiger partial charge in [-0.25, -0.2) is 9.18 Å². The van der Waals surface area contributed by atoms with Gasteiger partial charge in [0.1, 0.15) is 5.82 Å². The van der Waals surface area contributed by atoms with Crippen LogP contribution in [0.1, 0.15) is 35.9 Å². The average molecular weight is 285 g/mol. The van der Waals surface area contributed by atoms with Gasteiger partial charge >= 0.3 is 5.97 Å². The highest BCUT2D eigenvalue weighted by atomic mass is 19.1. The molecule has 0 heterocycles. The maximum absolute atomic E-state index is 13.7. The van der Waals surface area contributed by atoms with Crippen LogP contribution in [0.15, 0.2) is 48.5 Å². The van der Waals surface area contributed by atoms with Gasteiger partial charge in [0.15, 0.2) is 6.04 Å². The summed E-state index contributed by atoms with van der Waals surface area (Å²) in [5, 5.41) is 12.1. The first-order valence-corrected chi connectivity index (χ1v) is 6.99. The maximum Gasteiger partial charge on any atom is 0.330 e. The lowest BCUT2D eigenvalue weighted by molar-refractivity contribution is -0.138. The Kier molecular flexibility index (Phi) is 3.60. The smallest absolute Gasteiger partial charge is 0.330 e. The number of carboxylic acids is 1. The number of carbonyl (C=O) groups is 1. The van der Waals surface area contributed by atoms with Crippen molar-refractivity contribution in [3.63, 3.8) is 0 Å². The molecule has 0 aliphatic heterocycles. The fourth-order valence-corrected chi connectivity index (χ4v) is 2.40. The Morgan fingerprint density at radius 2 is 1.81 bits per heavy atom. The highest BCUT2D eigenvalue weighted by Crippen LogP contribution is 2.40. The molecule has 0 saturated heterocycles. The molecule has 1 aliphatic carbocycles. The quantitative estimate of drug-likeness (QED) is 0.874. The van der Waals surface area contributed by atoms with E-state index < -0.39 is 17.8 Å². The molecule has 2 aromatic carbocycles. The molecule has 0 aromatic heterocycles. The van der Waals surface area contributed by atoms with Crippen molar-refractivity contribution >= 4 is 11.7 Å². The minimum atomic E-state index is -1.03. The zero-order valence-corrected chi connectivity index (χ0v) is 11.4. The van der Waals surface area contributed by atoms with Crippen LogP contribution in [0.25, 0.3) is 0 Å². The molecule has 21 heavy (non-hydrogen) atoms. The summed E-state index contributed by atoms with van der Waals surface area (Å²) < 4.78 is 13.7. The van der Waals surface area contributed by atoms with E-state index in [2.05, 4.69) is 5.32 Å². The summed E-state index contributed by atoms with van der Waals surface area (Å²) >= 11 is 0. The Balaban J connectivity index is 1.83. The molecule has 4 heteroatoms. The Hall–Kier alpha value is -2.36. The van der Waals surface area contributed by atoms with Gasteiger partial charge < -0.3 is 10.4 Å². The van der Waals surface area contributed by atoms with E-state index >= 15 is 0 Å². The van der Waals surface area contributed by atoms with Crippen LogP contribution >= 0.6 is 0 Å². The van der Waals surface area contributed by atoms with Crippen LogP contribution in [0.5, 0.6) is 0 Å². The van der Waals surface area contributed by atoms with Gasteiger partial charge in [0.25, 0.3) is 0 Å². The van der Waals surface area contributed by atoms with Crippen LogP contribution in [0.3, 0.4) is 0 Å². The third-order valence-corrected chi connectivity index (χ3v) is 3.74. The number of aliphatic carboxylic acids is 1. The Morgan fingerprint density at radius 3 is 2.38 bits per heavy atom. The van der Waals surface area contributed by atoms with Crippen molar-refractivity contribution in [3.8, 4) is 0 Å². The third kappa shape index (κ3) is 3.05. The highest BCUT2D eigenvalue weighted by molar-refractivity contribution is 5.79. The second kappa shape index (κ2) is 5.56. The van der Waals surface area contributed by atoms with Gasteiger partial charge in [0.2, 0.25) is 0 Å². The zero-order valence-electron chi connectivity index (χ0n) is 11.4. The van der Waals surface area contributed by atoms with Crippen LogP contribution in [0.4, 0.5) is 10.1 Å². The van der Waals surface area contributed by atoms with E-state index in [9.17, 15) is 14.3 Å². The largest absolute Gasteiger partial charge is 0.479 e. The molecule has 2 N–H and O–H groups in total. The van der Waals surface area contributed by atoms with Crippen molar-refractivity contribution in [2.75, 3.05) is 5.32 Å². The summed E-state index contributed by atoms with van der Waals surface area (Å²) in [6.07, 6.45) is 2.41. The molecule has 1 saturated carbocycles. The number of halogens is 1. The fraction of sp³-hybridized carbons (Fsp3) is 0.235. The van der Waals surface area contributed by atoms with Gasteiger partial charge in [-0.15, -0.1) is 0 Å². The second-order valence-electron chi connectivity index (χ2n) is 5.34. The number of nitrogens with one attached hydrogen (secondary N) is 1. The number of hydrogen-bond acceptors (Lipinski definition) is 2. The van der Waals surface area contributed by atoms with E-state index in [-0.39, 0.29) is 5.69 Å². The molecule has 2 aromatic rings. The summed E-state index contributed by atoms with van der Waals surface area (Å²) in [5.41, 5.74) is 2.06. The van der Waals surface area contributed by atoms with Gasteiger partial charge in [-0.3, -0.25) is 0 Å². The molecule has 3 nitrogen and oxygen atoms in total. The average Bonchev–Trinajstić information content (AvgIpc) is 3.31. The molecule has 1 fully saturated rings. The van der Waals surface area contributed by atoms with Gasteiger partial charge in [-0.05, 0) is 42.0 Å². The number of carboxylic acid groups (broad SMARTS) is 1. The van der Waals surface area contributed by atoms with E-state index in [1.807, 2.05) is 12.1 Å². The first kappa shape index (κ1) is 13.6. The summed E-state index contributed by atoms with van der Waals surface area (Å²) in [7, 11) is 0. The number of anilines is 1. The third-order valence-electron chi connectivity index (χ3n) is 3.74. The summed E-state index contributed by atoms with van der Waals surface area (Å²) in [5.74, 6) is -0.863. The number of benzene rings is 2. The molecule has 0 radical (unpaired) electrons. The number of para-hydroxylation sites is 1. The molecule has 1 unspecified atom stereocenters. The highest BCUT2D eigenvalue weighted by Gasteiger charge is 2.25. The molecule has 3 rings (SSSR count). The van der Waals surface area contributed by atoms with Crippen LogP contribution in [-0.4, -0.2) is 11.1 Å². The minimum absolute atomic E-state index is 0.191. The Bertz CT molecular complexity index is 650. The predicted octanol–water partition coefficient (Wildman–Crippen LogP) is 3.94. The number of rotatable bonds is 5. The minimum Gasteiger partial charge on any atom is -0.479 e. The van der Waals surface area contributed by atoms with Crippen LogP contribution in [0, 0.1) is 5.82 Å². The van der Waals surface area contributed by atoms with Crippen molar-refractivity contribution < 1.29 is 14.3 Å². The molecule has 108 valence electrons. The lowest BCUT2D eigenvalue weighted by Gasteiger charge is -2.17. The summed E-state index contributed by atoms with van der Waals surface area (Å²) in [6.45, 7) is 0. The first-order valence-electron chi connectivity index (χ1n) is 6.99. The Morgan fingerprint density at radius 1 is 1.14 bits per heavy atom. The van der Waals surface area contributed by atoms with Gasteiger partial charge in [0, 0.05) is 0 Å². The topological polar surface area (TPSA) is 49.3 Å². The van der Waals surface area contributed by atoms with E-state index in [1.54, 1.807) is 24.3 Å². The lowest BCUT2D eigenvalue weighted by Crippen LogP contribution is -2.21. The Labute approximate surface area is 122 Å². The normalized spacial score (nSPS) is 15.5. The summed E-state index contributed by atoms with van der Waals surface area (Å²) in [4.78, 5) is 11.5. The zero-order chi connectivity index (χ0) is 14.8. The monoisotopic (exact) mass is 285 g/mol. The van der Waals surface area contributed by atoms with Crippen molar-refractivity contribution in [1.82, 2.24) is 0 Å². The SMILES string of the molecule is O=C(O)C(Nc1ccccc1F)c1ccc(C2CC2)cc1. The van der Waals surface area contributed by atoms with Crippen LogP contribution in [0.2, 0.25) is 0 Å². The van der Waals surface area contributed by atoms with Gasteiger partial charge in [0.05, 0.1) is 5.69 Å². The number of hydrogen-bond donors (Lipinski definition) is 2. The van der Waals surface area contributed by atoms with E-state index in [0.717, 1.165) is 0 Å². The molecule has 1 aliphatic rings. The summed E-state index contributed by atoms with van der Waals surface area (Å²) in [6, 6.07) is 12.6. The van der Waals surface area contributed by atoms with Crippen LogP contribution in [-0.2, 0) is 4.79 Å². The predicted molar refractivity (Wildman–Crippen MR) is 78.8 cm³/mol. The van der Waals surface area contributed by atoms with E-state index in [0.29, 0.717) is 11.5 Å². The maximum atomic E-state index is 13.7. The molecule has 0 amide bonds. The van der Waals surface area contributed by atoms with Crippen molar-refractivity contribution in [2.24, 2.45) is 0 Å². The van der Waals surface area contributed by atoms with Gasteiger partial charge in [-0.2, -0.15) is 0 Å². The molecular weight excluding hydrogens is 269 g/mol. The van der Waals surface area contributed by atoms with E-state index in [4.69, 9.17) is 0 Å². The van der Waals surface area contributed by atoms with Crippen molar-refractivity contribution in [2.45, 2.75) is 24.8 Å². The molecule has 0 spiro atoms. The van der Waals surface area contributed by atoms with Crippen molar-refractivity contribution in [3.05, 3.63) is 65.5 Å². The molecule has 1 atom stereocenters.